The Bertz CT molecular complexity index is 590. The molecule has 0 saturated heterocycles. The maximum Gasteiger partial charge on any atom is 0.231 e. The van der Waals surface area contributed by atoms with Crippen LogP contribution in [-0.2, 0) is 4.79 Å². The van der Waals surface area contributed by atoms with Crippen molar-refractivity contribution in [1.29, 1.82) is 5.26 Å². The van der Waals surface area contributed by atoms with Gasteiger partial charge in [-0.2, -0.15) is 5.26 Å². The number of nitrogens with one attached hydrogen (secondary N) is 1. The number of thioether (sulfide) groups is 1. The maximum absolute atomic E-state index is 12.2. The van der Waals surface area contributed by atoms with Gasteiger partial charge in [0.25, 0.3) is 0 Å². The second-order valence-electron chi connectivity index (χ2n) is 6.40. The molecule has 120 valence electrons. The van der Waals surface area contributed by atoms with Crippen molar-refractivity contribution in [2.45, 2.75) is 58.9 Å². The Morgan fingerprint density at radius 1 is 1.27 bits per heavy atom. The lowest BCUT2D eigenvalue weighted by atomic mass is 9.90. The monoisotopic (exact) mass is 318 g/mol. The molecule has 3 nitrogen and oxygen atoms in total. The summed E-state index contributed by atoms with van der Waals surface area (Å²) in [6.07, 6.45) is 0. The van der Waals surface area contributed by atoms with Crippen LogP contribution in [0.4, 0.5) is 0 Å². The molecule has 1 N–H and O–H groups in total. The summed E-state index contributed by atoms with van der Waals surface area (Å²) in [5.41, 5.74) is 4.13. The van der Waals surface area contributed by atoms with E-state index in [0.717, 1.165) is 0 Å². The van der Waals surface area contributed by atoms with Crippen LogP contribution in [-0.4, -0.2) is 17.2 Å². The minimum absolute atomic E-state index is 0.0659. The van der Waals surface area contributed by atoms with E-state index in [1.165, 1.54) is 27.1 Å². The Kier molecular flexibility index (Phi) is 6.08. The van der Waals surface area contributed by atoms with Crippen LogP contribution in [0.5, 0.6) is 0 Å². The normalized spacial score (nSPS) is 13.6. The average molecular weight is 318 g/mol. The molecule has 1 aromatic carbocycles. The molecule has 0 aliphatic carbocycles. The number of carbonyl (C=O) groups excluding carboxylic acids is 1. The summed E-state index contributed by atoms with van der Waals surface area (Å²) in [6.45, 7) is 14.0. The highest BCUT2D eigenvalue weighted by Gasteiger charge is 2.29. The molecule has 1 rings (SSSR count). The van der Waals surface area contributed by atoms with Crippen molar-refractivity contribution >= 4 is 17.7 Å². The highest BCUT2D eigenvalue weighted by atomic mass is 32.2. The fraction of sp³-hybridized carbons (Fsp3) is 0.556. The number of rotatable bonds is 5. The third kappa shape index (κ3) is 4.04. The fourth-order valence-corrected chi connectivity index (χ4v) is 3.26. The summed E-state index contributed by atoms with van der Waals surface area (Å²) in [7, 11) is 0. The van der Waals surface area contributed by atoms with E-state index >= 15 is 0 Å². The van der Waals surface area contributed by atoms with Crippen molar-refractivity contribution < 1.29 is 4.79 Å². The molecule has 0 aliphatic rings. The Balaban J connectivity index is 2.84. The van der Waals surface area contributed by atoms with Crippen LogP contribution in [0.25, 0.3) is 0 Å². The third-order valence-corrected chi connectivity index (χ3v) is 5.74. The maximum atomic E-state index is 12.2. The van der Waals surface area contributed by atoms with Gasteiger partial charge >= 0.3 is 0 Å². The summed E-state index contributed by atoms with van der Waals surface area (Å²) in [5.74, 6) is 0.297. The summed E-state index contributed by atoms with van der Waals surface area (Å²) < 4.78 is 0. The zero-order valence-corrected chi connectivity index (χ0v) is 15.4. The molecule has 0 heterocycles. The number of nitrogens with zero attached hydrogens (tertiary/aromatic N) is 1. The lowest BCUT2D eigenvalue weighted by Gasteiger charge is -2.27. The van der Waals surface area contributed by atoms with Crippen LogP contribution in [0.15, 0.2) is 11.0 Å². The first-order valence-electron chi connectivity index (χ1n) is 7.54. The van der Waals surface area contributed by atoms with Crippen molar-refractivity contribution in [1.82, 2.24) is 5.32 Å². The number of carbonyl (C=O) groups is 1. The van der Waals surface area contributed by atoms with Crippen LogP contribution in [0.1, 0.15) is 43.0 Å². The summed E-state index contributed by atoms with van der Waals surface area (Å²) >= 11 is 1.55. The Labute approximate surface area is 138 Å². The lowest BCUT2D eigenvalue weighted by molar-refractivity contribution is -0.120. The SMILES string of the molecule is Cc1cc(C)c(C)c(SCC(=O)N[C@@](C)(C#N)C(C)C)c1C. The lowest BCUT2D eigenvalue weighted by Crippen LogP contribution is -2.49. The van der Waals surface area contributed by atoms with Gasteiger partial charge in [-0.1, -0.05) is 19.9 Å². The van der Waals surface area contributed by atoms with Gasteiger partial charge < -0.3 is 5.32 Å². The Morgan fingerprint density at radius 3 is 2.18 bits per heavy atom. The minimum Gasteiger partial charge on any atom is -0.337 e. The first kappa shape index (κ1) is 18.6. The predicted octanol–water partition coefficient (Wildman–Crippen LogP) is 4.07. The molecule has 0 saturated carbocycles. The Morgan fingerprint density at radius 2 is 1.77 bits per heavy atom. The summed E-state index contributed by atoms with van der Waals surface area (Å²) in [4.78, 5) is 13.4. The second-order valence-corrected chi connectivity index (χ2v) is 7.38. The van der Waals surface area contributed by atoms with Crippen molar-refractivity contribution in [2.24, 2.45) is 5.92 Å². The van der Waals surface area contributed by atoms with E-state index in [-0.39, 0.29) is 11.8 Å². The topological polar surface area (TPSA) is 52.9 Å². The van der Waals surface area contributed by atoms with E-state index in [0.29, 0.717) is 5.75 Å². The van der Waals surface area contributed by atoms with Crippen LogP contribution in [0.2, 0.25) is 0 Å². The van der Waals surface area contributed by atoms with Crippen molar-refractivity contribution in [3.05, 3.63) is 28.3 Å². The molecule has 0 aliphatic heterocycles. The highest BCUT2D eigenvalue weighted by molar-refractivity contribution is 8.00. The Hall–Kier alpha value is -1.47. The number of nitriles is 1. The van der Waals surface area contributed by atoms with Gasteiger partial charge in [0.1, 0.15) is 5.54 Å². The van der Waals surface area contributed by atoms with Gasteiger partial charge in [-0.05, 0) is 62.8 Å². The molecular weight excluding hydrogens is 292 g/mol. The van der Waals surface area contributed by atoms with Crippen LogP contribution >= 0.6 is 11.8 Å². The van der Waals surface area contributed by atoms with E-state index in [1.807, 2.05) is 13.8 Å². The van der Waals surface area contributed by atoms with Crippen LogP contribution in [0.3, 0.4) is 0 Å². The molecule has 0 radical (unpaired) electrons. The van der Waals surface area contributed by atoms with Gasteiger partial charge in [0, 0.05) is 4.90 Å². The van der Waals surface area contributed by atoms with E-state index < -0.39 is 5.54 Å². The number of aryl methyl sites for hydroxylation is 2. The predicted molar refractivity (Wildman–Crippen MR) is 93.1 cm³/mol. The first-order valence-corrected chi connectivity index (χ1v) is 8.53. The second kappa shape index (κ2) is 7.19. The molecule has 22 heavy (non-hydrogen) atoms. The molecule has 0 unspecified atom stereocenters. The number of hydrogen-bond donors (Lipinski definition) is 1. The largest absolute Gasteiger partial charge is 0.337 e. The molecule has 1 aromatic rings. The van der Waals surface area contributed by atoms with Gasteiger partial charge in [0.2, 0.25) is 5.91 Å². The molecule has 0 bridgehead atoms. The van der Waals surface area contributed by atoms with E-state index in [4.69, 9.17) is 0 Å². The van der Waals surface area contributed by atoms with Gasteiger partial charge in [-0.25, -0.2) is 0 Å². The van der Waals surface area contributed by atoms with Gasteiger partial charge in [0.05, 0.1) is 11.8 Å². The quantitative estimate of drug-likeness (QED) is 0.833. The number of benzene rings is 1. The molecular formula is C18H26N2OS. The summed E-state index contributed by atoms with van der Waals surface area (Å²) in [5, 5.41) is 12.1. The van der Waals surface area contributed by atoms with Crippen molar-refractivity contribution in [3.63, 3.8) is 0 Å². The minimum atomic E-state index is -0.815. The van der Waals surface area contributed by atoms with Crippen molar-refractivity contribution in [2.75, 3.05) is 5.75 Å². The average Bonchev–Trinajstić information content (AvgIpc) is 2.44. The number of hydrogen-bond acceptors (Lipinski definition) is 3. The zero-order chi connectivity index (χ0) is 17.1. The van der Waals surface area contributed by atoms with Crippen LogP contribution < -0.4 is 5.32 Å². The van der Waals surface area contributed by atoms with Gasteiger partial charge in [-0.3, -0.25) is 4.79 Å². The third-order valence-electron chi connectivity index (χ3n) is 4.43. The van der Waals surface area contributed by atoms with Gasteiger partial charge in [0.15, 0.2) is 0 Å². The zero-order valence-electron chi connectivity index (χ0n) is 14.6. The van der Waals surface area contributed by atoms with Crippen LogP contribution in [0, 0.1) is 44.9 Å². The fourth-order valence-electron chi connectivity index (χ4n) is 2.16. The molecule has 1 atom stereocenters. The standard InChI is InChI=1S/C18H26N2OS/c1-11(2)18(7,10-19)20-16(21)9-22-17-14(5)12(3)8-13(4)15(17)6/h8,11H,9H2,1-7H3,(H,20,21)/t18-/m0/s1. The number of amides is 1. The molecule has 0 spiro atoms. The van der Waals surface area contributed by atoms with E-state index in [2.05, 4.69) is 45.1 Å². The molecule has 1 amide bonds. The van der Waals surface area contributed by atoms with E-state index in [9.17, 15) is 10.1 Å². The first-order chi connectivity index (χ1) is 10.1. The summed E-state index contributed by atoms with van der Waals surface area (Å²) in [6, 6.07) is 4.39. The van der Waals surface area contributed by atoms with Gasteiger partial charge in [-0.15, -0.1) is 11.8 Å². The van der Waals surface area contributed by atoms with E-state index in [1.54, 1.807) is 18.7 Å². The molecule has 0 aromatic heterocycles. The molecule has 4 heteroatoms. The highest BCUT2D eigenvalue weighted by Crippen LogP contribution is 2.30. The molecule has 0 fully saturated rings. The van der Waals surface area contributed by atoms with Crippen molar-refractivity contribution in [3.8, 4) is 6.07 Å². The smallest absolute Gasteiger partial charge is 0.231 e.